The van der Waals surface area contributed by atoms with Gasteiger partial charge in [0.25, 0.3) is 5.56 Å². The molecule has 2 aliphatic rings. The number of ketones is 1. The van der Waals surface area contributed by atoms with Crippen molar-refractivity contribution >= 4 is 52.9 Å². The van der Waals surface area contributed by atoms with Crippen LogP contribution in [0.5, 0.6) is 5.75 Å². The lowest BCUT2D eigenvalue weighted by Crippen LogP contribution is -2.61. The van der Waals surface area contributed by atoms with Crippen molar-refractivity contribution in [2.75, 3.05) is 19.8 Å². The third-order valence-corrected chi connectivity index (χ3v) is 11.9. The van der Waals surface area contributed by atoms with Gasteiger partial charge in [-0.3, -0.25) is 24.5 Å². The largest absolute Gasteiger partial charge is 0.515 e. The van der Waals surface area contributed by atoms with E-state index in [1.807, 2.05) is 6.92 Å². The number of ether oxygens (including phenoxy) is 3. The van der Waals surface area contributed by atoms with E-state index < -0.39 is 53.9 Å². The van der Waals surface area contributed by atoms with Gasteiger partial charge in [-0.25, -0.2) is 19.4 Å². The van der Waals surface area contributed by atoms with Crippen molar-refractivity contribution in [2.45, 2.75) is 103 Å². The second-order valence-corrected chi connectivity index (χ2v) is 16.7. The van der Waals surface area contributed by atoms with Gasteiger partial charge in [-0.1, -0.05) is 58.0 Å². The number of urea groups is 1. The number of rotatable bonds is 21. The average molecular weight is 910 g/mol. The topological polar surface area (TPSA) is 276 Å². The zero-order valence-corrected chi connectivity index (χ0v) is 37.3. The van der Waals surface area contributed by atoms with Gasteiger partial charge in [0, 0.05) is 54.8 Å². The monoisotopic (exact) mass is 909 g/mol. The van der Waals surface area contributed by atoms with Crippen molar-refractivity contribution in [3.8, 4) is 17.1 Å². The van der Waals surface area contributed by atoms with Crippen molar-refractivity contribution in [1.29, 1.82) is 0 Å². The molecule has 19 heteroatoms. The van der Waals surface area contributed by atoms with Crippen LogP contribution in [0.15, 0.2) is 59.4 Å². The molecule has 1 unspecified atom stereocenters. The van der Waals surface area contributed by atoms with Crippen LogP contribution in [0, 0.1) is 5.92 Å². The van der Waals surface area contributed by atoms with Crippen LogP contribution in [0.2, 0.25) is 0 Å². The molecule has 0 saturated carbocycles. The van der Waals surface area contributed by atoms with E-state index in [4.69, 9.17) is 24.9 Å². The van der Waals surface area contributed by atoms with E-state index in [0.29, 0.717) is 35.0 Å². The van der Waals surface area contributed by atoms with Gasteiger partial charge in [-0.2, -0.15) is 0 Å². The average Bonchev–Trinajstić information content (AvgIpc) is 3.67. The highest BCUT2D eigenvalue weighted by Gasteiger charge is 2.45. The number of primary amides is 1. The number of esters is 1. The molecule has 0 spiro atoms. The molecule has 0 radical (unpaired) electrons. The van der Waals surface area contributed by atoms with E-state index in [0.717, 1.165) is 16.7 Å². The molecule has 0 fully saturated rings. The van der Waals surface area contributed by atoms with Crippen LogP contribution in [0.4, 0.5) is 9.59 Å². The number of hydrogen-bond acceptors (Lipinski definition) is 14. The number of Topliss-reactive ketones (excluding diaryl/α,β-unsaturated/α-hetero) is 1. The van der Waals surface area contributed by atoms with Gasteiger partial charge in [-0.05, 0) is 61.1 Å². The number of carbonyl (C=O) groups excluding carboxylic acids is 7. The van der Waals surface area contributed by atoms with Gasteiger partial charge in [0.05, 0.1) is 29.0 Å². The Kier molecular flexibility index (Phi) is 15.3. The summed E-state index contributed by atoms with van der Waals surface area (Å²) in [7, 11) is 0. The van der Waals surface area contributed by atoms with Gasteiger partial charge < -0.3 is 50.4 Å². The van der Waals surface area contributed by atoms with E-state index in [1.165, 1.54) is 6.07 Å². The maximum Gasteiger partial charge on any atom is 0.515 e. The summed E-state index contributed by atoms with van der Waals surface area (Å²) in [5.41, 5.74) is 5.56. The lowest BCUT2D eigenvalue weighted by molar-refractivity contribution is -0.172. The van der Waals surface area contributed by atoms with E-state index >= 15 is 0 Å². The van der Waals surface area contributed by atoms with Crippen LogP contribution in [0.3, 0.4) is 0 Å². The molecule has 2 aliphatic heterocycles. The molecule has 7 N–H and O–H groups in total. The minimum Gasteiger partial charge on any atom is -0.458 e. The molecule has 350 valence electrons. The molecule has 66 heavy (non-hydrogen) atoms. The number of hydrogen-bond donors (Lipinski definition) is 6. The first-order valence-corrected chi connectivity index (χ1v) is 21.9. The summed E-state index contributed by atoms with van der Waals surface area (Å²) in [5.74, 6) is -2.25. The maximum absolute atomic E-state index is 13.9. The Labute approximate surface area is 380 Å². The van der Waals surface area contributed by atoms with Gasteiger partial charge in [0.2, 0.25) is 11.8 Å². The number of aromatic nitrogens is 2. The molecule has 6 rings (SSSR count). The normalized spacial score (nSPS) is 16.2. The van der Waals surface area contributed by atoms with Crippen LogP contribution in [0.25, 0.3) is 22.3 Å². The van der Waals surface area contributed by atoms with Gasteiger partial charge >= 0.3 is 18.2 Å². The van der Waals surface area contributed by atoms with Crippen molar-refractivity contribution in [3.05, 3.63) is 92.8 Å². The van der Waals surface area contributed by atoms with Gasteiger partial charge in [0.1, 0.15) is 42.7 Å². The number of fused-ring (bicyclic) bond motifs is 5. The Bertz CT molecular complexity index is 2600. The second kappa shape index (κ2) is 20.9. The van der Waals surface area contributed by atoms with Crippen LogP contribution < -0.4 is 37.3 Å². The number of aldehydes is 1. The molecule has 3 atom stereocenters. The molecule has 4 amide bonds. The fourth-order valence-corrected chi connectivity index (χ4v) is 8.24. The molecule has 4 aromatic rings. The van der Waals surface area contributed by atoms with E-state index in [9.17, 15) is 43.5 Å². The Morgan fingerprint density at radius 3 is 2.48 bits per heavy atom. The molecular weight excluding hydrogens is 855 g/mol. The summed E-state index contributed by atoms with van der Waals surface area (Å²) in [6.07, 6.45) is 0.102. The number of cyclic esters (lactones) is 1. The number of benzene rings is 2. The number of carbonyl (C=O) groups is 7. The molecule has 2 aromatic heterocycles. The maximum atomic E-state index is 13.9. The predicted molar refractivity (Wildman–Crippen MR) is 239 cm³/mol. The van der Waals surface area contributed by atoms with Crippen molar-refractivity contribution in [2.24, 2.45) is 11.7 Å². The van der Waals surface area contributed by atoms with E-state index in [1.54, 1.807) is 73.9 Å². The minimum atomic E-state index is -1.96. The third kappa shape index (κ3) is 10.7. The van der Waals surface area contributed by atoms with Crippen LogP contribution in [-0.4, -0.2) is 88.1 Å². The van der Waals surface area contributed by atoms with Crippen molar-refractivity contribution in [3.63, 3.8) is 0 Å². The highest BCUT2D eigenvalue weighted by Crippen LogP contribution is 2.41. The van der Waals surface area contributed by atoms with Crippen molar-refractivity contribution in [1.82, 2.24) is 30.8 Å². The Morgan fingerprint density at radius 1 is 1.05 bits per heavy atom. The predicted octanol–water partition coefficient (Wildman–Crippen LogP) is 2.94. The summed E-state index contributed by atoms with van der Waals surface area (Å²) in [4.78, 5) is 108. The standard InChI is InChI=1S/C47H55N7O12/c1-5-30-31-20-29(13-14-35(31)52-40-32(30)22-54-37(40)21-34-33(42(54)59)23-64-43(60)47(34,63)6-2)66-45(62)65-26-49-24-46(25-55,17-10-18-50-44(48)61)53-41(58)36(19-28-11-8-7-9-12-28)51-39(57)16-15-38(56)27(3)4/h7-9,11-14,20-21,25,27,36,49,63H,5-6,10,15-19,22-24,26H2,1-4H3,(H,51,57)(H,53,58)(H3,48,50,61)/t36-,46?,47-/m0/s1. The van der Waals surface area contributed by atoms with E-state index in [2.05, 4.69) is 21.3 Å². The lowest BCUT2D eigenvalue weighted by Gasteiger charge is -2.32. The second-order valence-electron chi connectivity index (χ2n) is 16.7. The summed E-state index contributed by atoms with van der Waals surface area (Å²) in [5, 5.41) is 22.7. The Morgan fingerprint density at radius 2 is 1.80 bits per heavy atom. The van der Waals surface area contributed by atoms with E-state index in [-0.39, 0.29) is 98.9 Å². The summed E-state index contributed by atoms with van der Waals surface area (Å²) in [6, 6.07) is 13.5. The molecule has 2 aromatic carbocycles. The minimum absolute atomic E-state index is 0.000530. The van der Waals surface area contributed by atoms with Gasteiger partial charge in [-0.15, -0.1) is 0 Å². The first-order chi connectivity index (χ1) is 31.5. The zero-order chi connectivity index (χ0) is 47.8. The number of nitrogens with zero attached hydrogens (tertiary/aromatic N) is 2. The summed E-state index contributed by atoms with van der Waals surface area (Å²) in [6.45, 7) is 6.35. The summed E-state index contributed by atoms with van der Waals surface area (Å²) < 4.78 is 17.6. The first-order valence-electron chi connectivity index (χ1n) is 21.9. The fraction of sp³-hybridized carbons (Fsp3) is 0.426. The quantitative estimate of drug-likeness (QED) is 0.0203. The highest BCUT2D eigenvalue weighted by molar-refractivity contribution is 5.92. The number of nitrogens with one attached hydrogen (secondary N) is 4. The smallest absolute Gasteiger partial charge is 0.458 e. The number of aliphatic hydroxyl groups is 1. The Hall–Kier alpha value is -6.99. The fourth-order valence-electron chi connectivity index (χ4n) is 8.24. The molecule has 0 saturated heterocycles. The number of pyridine rings is 2. The summed E-state index contributed by atoms with van der Waals surface area (Å²) >= 11 is 0. The van der Waals surface area contributed by atoms with Crippen LogP contribution >= 0.6 is 0 Å². The van der Waals surface area contributed by atoms with Crippen LogP contribution in [-0.2, 0) is 65.0 Å². The highest BCUT2D eigenvalue weighted by atomic mass is 16.7. The molecule has 0 bridgehead atoms. The molecular formula is C47H55N7O12. The van der Waals surface area contributed by atoms with Gasteiger partial charge in [0.15, 0.2) is 5.60 Å². The number of nitrogens with two attached hydrogens (primary N) is 1. The Balaban J connectivity index is 1.14. The third-order valence-electron chi connectivity index (χ3n) is 11.9. The molecule has 0 aliphatic carbocycles. The molecule has 4 heterocycles. The molecule has 19 nitrogen and oxygen atoms in total. The number of aryl methyl sites for hydroxylation is 1. The first kappa shape index (κ1) is 48.5. The lowest BCUT2D eigenvalue weighted by atomic mass is 9.86. The van der Waals surface area contributed by atoms with Crippen molar-refractivity contribution < 1.29 is 52.9 Å². The van der Waals surface area contributed by atoms with Crippen LogP contribution in [0.1, 0.15) is 87.6 Å². The zero-order valence-electron chi connectivity index (χ0n) is 37.3. The SMILES string of the molecule is CCc1c2c(nc3ccc(OC(=O)OCNCC(C=O)(CCCNC(N)=O)NC(=O)[C@H](Cc4ccccc4)NC(=O)CCC(=O)C(C)C)cc13)-c1cc3c(c(=O)n1C2)COC(=O)[C@]3(O)CC. The number of amides is 4.